The van der Waals surface area contributed by atoms with Crippen LogP contribution in [0, 0.1) is 0 Å². The van der Waals surface area contributed by atoms with Gasteiger partial charge < -0.3 is 10.1 Å². The van der Waals surface area contributed by atoms with E-state index in [0.29, 0.717) is 6.42 Å². The Morgan fingerprint density at radius 2 is 1.97 bits per heavy atom. The first kappa shape index (κ1) is 22.0. The van der Waals surface area contributed by atoms with Gasteiger partial charge in [0.15, 0.2) is 0 Å². The monoisotopic (exact) mass is 433 g/mol. The van der Waals surface area contributed by atoms with Crippen molar-refractivity contribution in [2.45, 2.75) is 38.3 Å². The highest BCUT2D eigenvalue weighted by atomic mass is 16.5. The van der Waals surface area contributed by atoms with E-state index in [4.69, 9.17) is 4.74 Å². The normalized spacial score (nSPS) is 14.9. The topological polar surface area (TPSA) is 72.3 Å². The summed E-state index contributed by atoms with van der Waals surface area (Å²) < 4.78 is 7.13. The molecule has 4 rings (SSSR count). The Morgan fingerprint density at radius 3 is 2.66 bits per heavy atom. The number of amides is 1. The van der Waals surface area contributed by atoms with Crippen molar-refractivity contribution < 1.29 is 9.53 Å². The summed E-state index contributed by atoms with van der Waals surface area (Å²) in [6.45, 7) is 2.80. The molecule has 1 saturated heterocycles. The first-order valence-electron chi connectivity index (χ1n) is 11.2. The maximum atomic E-state index is 12.4. The molecule has 0 spiro atoms. The van der Waals surface area contributed by atoms with Gasteiger partial charge in [0.2, 0.25) is 5.91 Å². The molecular formula is C25H31N5O2. The number of hydrogen-bond donors (Lipinski definition) is 1. The van der Waals surface area contributed by atoms with Crippen molar-refractivity contribution in [1.29, 1.82) is 0 Å². The standard InChI is InChI=1S/C25H31N5O2/c1-29-22(16-24(28-29)20-4-3-13-26-17-20)18-30-14-11-21(12-15-30)27-25(31)10-7-19-5-8-23(32-2)9-6-19/h3-6,8-9,13,16-17,21H,7,10-12,14-15,18H2,1-2H3,(H,27,31). The molecule has 0 radical (unpaired) electrons. The van der Waals surface area contributed by atoms with E-state index < -0.39 is 0 Å². The Balaban J connectivity index is 1.21. The van der Waals surface area contributed by atoms with E-state index in [1.807, 2.05) is 54.3 Å². The summed E-state index contributed by atoms with van der Waals surface area (Å²) in [5, 5.41) is 7.86. The Labute approximate surface area is 189 Å². The van der Waals surface area contributed by atoms with Crippen LogP contribution in [0.5, 0.6) is 5.75 Å². The Bertz CT molecular complexity index is 1010. The smallest absolute Gasteiger partial charge is 0.220 e. The summed E-state index contributed by atoms with van der Waals surface area (Å²) in [7, 11) is 3.65. The van der Waals surface area contributed by atoms with Crippen molar-refractivity contribution >= 4 is 5.91 Å². The quantitative estimate of drug-likeness (QED) is 0.591. The third-order valence-corrected chi connectivity index (χ3v) is 6.07. The summed E-state index contributed by atoms with van der Waals surface area (Å²) in [6.07, 6.45) is 6.82. The molecule has 168 valence electrons. The van der Waals surface area contributed by atoms with Crippen molar-refractivity contribution in [3.05, 3.63) is 66.1 Å². The third-order valence-electron chi connectivity index (χ3n) is 6.07. The Kier molecular flexibility index (Phi) is 7.17. The zero-order valence-corrected chi connectivity index (χ0v) is 18.8. The van der Waals surface area contributed by atoms with Crippen LogP contribution in [0.3, 0.4) is 0 Å². The number of carbonyl (C=O) groups excluding carboxylic acids is 1. The van der Waals surface area contributed by atoms with Crippen LogP contribution in [-0.2, 0) is 24.8 Å². The van der Waals surface area contributed by atoms with Crippen molar-refractivity contribution in [3.63, 3.8) is 0 Å². The molecule has 1 aliphatic heterocycles. The van der Waals surface area contributed by atoms with E-state index in [2.05, 4.69) is 26.4 Å². The van der Waals surface area contributed by atoms with Gasteiger partial charge >= 0.3 is 0 Å². The predicted molar refractivity (Wildman–Crippen MR) is 124 cm³/mol. The number of pyridine rings is 1. The lowest BCUT2D eigenvalue weighted by Gasteiger charge is -2.32. The molecule has 0 bridgehead atoms. The van der Waals surface area contributed by atoms with Gasteiger partial charge in [-0.3, -0.25) is 19.4 Å². The zero-order valence-electron chi connectivity index (χ0n) is 18.8. The summed E-state index contributed by atoms with van der Waals surface area (Å²) >= 11 is 0. The van der Waals surface area contributed by atoms with Crippen molar-refractivity contribution in [3.8, 4) is 17.0 Å². The number of nitrogens with zero attached hydrogens (tertiary/aromatic N) is 4. The first-order chi connectivity index (χ1) is 15.6. The molecule has 0 unspecified atom stereocenters. The second-order valence-electron chi connectivity index (χ2n) is 8.35. The first-order valence-corrected chi connectivity index (χ1v) is 11.2. The fraction of sp³-hybridized carbons (Fsp3) is 0.400. The highest BCUT2D eigenvalue weighted by Gasteiger charge is 2.21. The molecule has 32 heavy (non-hydrogen) atoms. The second-order valence-corrected chi connectivity index (χ2v) is 8.35. The molecule has 2 aromatic heterocycles. The number of nitrogens with one attached hydrogen (secondary N) is 1. The molecule has 0 saturated carbocycles. The third kappa shape index (κ3) is 5.73. The van der Waals surface area contributed by atoms with Gasteiger partial charge in [0.1, 0.15) is 5.75 Å². The summed E-state index contributed by atoms with van der Waals surface area (Å²) in [5.41, 5.74) is 4.32. The number of benzene rings is 1. The molecule has 3 heterocycles. The number of methoxy groups -OCH3 is 1. The molecule has 1 fully saturated rings. The minimum atomic E-state index is 0.131. The van der Waals surface area contributed by atoms with E-state index in [0.717, 1.165) is 61.5 Å². The van der Waals surface area contributed by atoms with Crippen LogP contribution in [-0.4, -0.2) is 51.8 Å². The average Bonchev–Trinajstić information content (AvgIpc) is 3.20. The molecule has 7 heteroatoms. The molecule has 1 aliphatic rings. The van der Waals surface area contributed by atoms with Crippen LogP contribution >= 0.6 is 0 Å². The maximum absolute atomic E-state index is 12.4. The predicted octanol–water partition coefficient (Wildman–Crippen LogP) is 3.20. The molecule has 0 atom stereocenters. The van der Waals surface area contributed by atoms with E-state index in [1.54, 1.807) is 13.3 Å². The lowest BCUT2D eigenvalue weighted by atomic mass is 10.0. The minimum Gasteiger partial charge on any atom is -0.497 e. The van der Waals surface area contributed by atoms with Gasteiger partial charge in [-0.2, -0.15) is 5.10 Å². The summed E-state index contributed by atoms with van der Waals surface area (Å²) in [4.78, 5) is 19.0. The van der Waals surface area contributed by atoms with Gasteiger partial charge in [-0.15, -0.1) is 0 Å². The van der Waals surface area contributed by atoms with Crippen LogP contribution in [0.1, 0.15) is 30.5 Å². The van der Waals surface area contributed by atoms with Crippen LogP contribution in [0.15, 0.2) is 54.9 Å². The Hall–Kier alpha value is -3.19. The zero-order chi connectivity index (χ0) is 22.3. The van der Waals surface area contributed by atoms with Gasteiger partial charge in [0.05, 0.1) is 18.5 Å². The van der Waals surface area contributed by atoms with Gasteiger partial charge in [-0.25, -0.2) is 0 Å². The van der Waals surface area contributed by atoms with Crippen molar-refractivity contribution in [1.82, 2.24) is 25.0 Å². The number of carbonyl (C=O) groups is 1. The highest BCUT2D eigenvalue weighted by Crippen LogP contribution is 2.20. The van der Waals surface area contributed by atoms with Gasteiger partial charge in [-0.05, 0) is 55.2 Å². The average molecular weight is 434 g/mol. The van der Waals surface area contributed by atoms with E-state index in [1.165, 1.54) is 5.69 Å². The molecular weight excluding hydrogens is 402 g/mol. The largest absolute Gasteiger partial charge is 0.497 e. The second kappa shape index (κ2) is 10.4. The van der Waals surface area contributed by atoms with Gasteiger partial charge in [0.25, 0.3) is 0 Å². The van der Waals surface area contributed by atoms with Gasteiger partial charge in [0, 0.05) is 57.1 Å². The summed E-state index contributed by atoms with van der Waals surface area (Å²) in [6, 6.07) is 14.3. The fourth-order valence-electron chi connectivity index (χ4n) is 4.12. The number of likely N-dealkylation sites (tertiary alicyclic amines) is 1. The number of hydrogen-bond acceptors (Lipinski definition) is 5. The maximum Gasteiger partial charge on any atom is 0.220 e. The molecule has 0 aliphatic carbocycles. The van der Waals surface area contributed by atoms with E-state index in [-0.39, 0.29) is 11.9 Å². The molecule has 3 aromatic rings. The molecule has 1 N–H and O–H groups in total. The van der Waals surface area contributed by atoms with Crippen molar-refractivity contribution in [2.24, 2.45) is 7.05 Å². The van der Waals surface area contributed by atoms with Gasteiger partial charge in [-0.1, -0.05) is 12.1 Å². The molecule has 7 nitrogen and oxygen atoms in total. The number of rotatable bonds is 8. The fourth-order valence-corrected chi connectivity index (χ4v) is 4.12. The lowest BCUT2D eigenvalue weighted by Crippen LogP contribution is -2.44. The number of piperidine rings is 1. The number of aromatic nitrogens is 3. The van der Waals surface area contributed by atoms with Crippen LogP contribution in [0.2, 0.25) is 0 Å². The van der Waals surface area contributed by atoms with Crippen LogP contribution in [0.4, 0.5) is 0 Å². The number of aryl methyl sites for hydroxylation is 2. The van der Waals surface area contributed by atoms with Crippen LogP contribution < -0.4 is 10.1 Å². The Morgan fingerprint density at radius 1 is 1.19 bits per heavy atom. The SMILES string of the molecule is COc1ccc(CCC(=O)NC2CCN(Cc3cc(-c4cccnc4)nn3C)CC2)cc1. The summed E-state index contributed by atoms with van der Waals surface area (Å²) in [5.74, 6) is 0.969. The van der Waals surface area contributed by atoms with Crippen LogP contribution in [0.25, 0.3) is 11.3 Å². The highest BCUT2D eigenvalue weighted by molar-refractivity contribution is 5.76. The van der Waals surface area contributed by atoms with E-state index >= 15 is 0 Å². The van der Waals surface area contributed by atoms with E-state index in [9.17, 15) is 4.79 Å². The lowest BCUT2D eigenvalue weighted by molar-refractivity contribution is -0.122. The molecule has 1 aromatic carbocycles. The number of ether oxygens (including phenoxy) is 1. The van der Waals surface area contributed by atoms with Crippen molar-refractivity contribution in [2.75, 3.05) is 20.2 Å². The minimum absolute atomic E-state index is 0.131. The molecule has 1 amide bonds.